The van der Waals surface area contributed by atoms with E-state index in [1.54, 1.807) is 7.11 Å². The largest absolute Gasteiger partial charge is 0.381 e. The topological polar surface area (TPSA) is 9.23 Å². The predicted molar refractivity (Wildman–Crippen MR) is 82.4 cm³/mol. The summed E-state index contributed by atoms with van der Waals surface area (Å²) in [6.07, 6.45) is 3.60. The van der Waals surface area contributed by atoms with Gasteiger partial charge in [0.15, 0.2) is 0 Å². The van der Waals surface area contributed by atoms with E-state index in [0.29, 0.717) is 12.8 Å². The van der Waals surface area contributed by atoms with Crippen molar-refractivity contribution in [2.24, 2.45) is 11.8 Å². The van der Waals surface area contributed by atoms with Gasteiger partial charge in [-0.05, 0) is 43.9 Å². The molecule has 0 saturated heterocycles. The van der Waals surface area contributed by atoms with E-state index in [1.807, 2.05) is 0 Å². The number of rotatable bonds is 3. The maximum atomic E-state index is 15.2. The van der Waals surface area contributed by atoms with Crippen LogP contribution in [0.5, 0.6) is 0 Å². The Bertz CT molecular complexity index is 318. The van der Waals surface area contributed by atoms with Gasteiger partial charge in [-0.2, -0.15) is 0 Å². The second-order valence-corrected chi connectivity index (χ2v) is 13.3. The number of hydrogen-bond acceptors (Lipinski definition) is 1. The van der Waals surface area contributed by atoms with E-state index >= 15 is 4.39 Å². The van der Waals surface area contributed by atoms with Crippen LogP contribution in [0.3, 0.4) is 0 Å². The van der Waals surface area contributed by atoms with Gasteiger partial charge in [0.25, 0.3) is 0 Å². The van der Waals surface area contributed by atoms with Crippen LogP contribution in [-0.2, 0) is 4.74 Å². The molecule has 0 amide bonds. The Labute approximate surface area is 123 Å². The van der Waals surface area contributed by atoms with E-state index < -0.39 is 20.4 Å². The number of halogens is 2. The Balaban J connectivity index is 2.12. The molecule has 6 unspecified atom stereocenters. The zero-order valence-electron chi connectivity index (χ0n) is 13.4. The van der Waals surface area contributed by atoms with E-state index in [4.69, 9.17) is 4.74 Å². The van der Waals surface area contributed by atoms with Gasteiger partial charge in [0.05, 0.1) is 14.2 Å². The van der Waals surface area contributed by atoms with Crippen LogP contribution in [0.1, 0.15) is 38.5 Å². The molecule has 2 rings (SSSR count). The van der Waals surface area contributed by atoms with Crippen molar-refractivity contribution in [3.05, 3.63) is 0 Å². The molecule has 118 valence electrons. The maximum Gasteiger partial charge on any atom is 0.106 e. The summed E-state index contributed by atoms with van der Waals surface area (Å²) >= 11 is 0. The van der Waals surface area contributed by atoms with Crippen molar-refractivity contribution in [3.63, 3.8) is 0 Å². The highest BCUT2D eigenvalue weighted by atomic mass is 28.3. The molecular weight excluding hydrogens is 274 g/mol. The number of methoxy groups -OCH3 is 1. The Morgan fingerprint density at radius 2 is 1.70 bits per heavy atom. The fraction of sp³-hybridized carbons (Fsp3) is 1.00. The van der Waals surface area contributed by atoms with E-state index in [9.17, 15) is 4.39 Å². The van der Waals surface area contributed by atoms with E-state index in [0.717, 1.165) is 25.7 Å². The third kappa shape index (κ3) is 3.44. The van der Waals surface area contributed by atoms with Crippen molar-refractivity contribution in [1.82, 2.24) is 0 Å². The summed E-state index contributed by atoms with van der Waals surface area (Å²) < 4.78 is 34.4. The van der Waals surface area contributed by atoms with Crippen molar-refractivity contribution >= 4 is 8.07 Å². The normalized spacial score (nSPS) is 43.5. The lowest BCUT2D eigenvalue weighted by Gasteiger charge is -2.47. The molecule has 2 aliphatic rings. The standard InChI is InChI=1S/C16H30F2OSi/c1-19-14-9-8-13(11-6-5-7-12(17)10-11)15(18)16(14)20(2,3)4/h11-16H,5-10H2,1-4H3. The highest BCUT2D eigenvalue weighted by molar-refractivity contribution is 6.77. The molecule has 4 heteroatoms. The van der Waals surface area contributed by atoms with Crippen LogP contribution < -0.4 is 0 Å². The summed E-state index contributed by atoms with van der Waals surface area (Å²) in [5.41, 5.74) is 0.0613. The first-order valence-electron chi connectivity index (χ1n) is 8.15. The first-order valence-corrected chi connectivity index (χ1v) is 11.7. The molecule has 0 aromatic carbocycles. The number of ether oxygens (including phenoxy) is 1. The van der Waals surface area contributed by atoms with Crippen molar-refractivity contribution in [3.8, 4) is 0 Å². The van der Waals surface area contributed by atoms with Crippen LogP contribution in [-0.4, -0.2) is 33.6 Å². The molecule has 20 heavy (non-hydrogen) atoms. The van der Waals surface area contributed by atoms with Crippen molar-refractivity contribution in [1.29, 1.82) is 0 Å². The van der Waals surface area contributed by atoms with Crippen molar-refractivity contribution < 1.29 is 13.5 Å². The SMILES string of the molecule is COC1CCC(C2CCCC(F)C2)C(F)C1[Si](C)(C)C. The zero-order chi connectivity index (χ0) is 14.9. The molecule has 0 heterocycles. The van der Waals surface area contributed by atoms with Gasteiger partial charge in [0.2, 0.25) is 0 Å². The molecule has 0 aromatic heterocycles. The average molecular weight is 304 g/mol. The lowest BCUT2D eigenvalue weighted by molar-refractivity contribution is -0.0131. The smallest absolute Gasteiger partial charge is 0.106 e. The Hall–Kier alpha value is 0.0369. The van der Waals surface area contributed by atoms with Crippen LogP contribution in [0.2, 0.25) is 25.2 Å². The highest BCUT2D eigenvalue weighted by Gasteiger charge is 2.49. The summed E-state index contributed by atoms with van der Waals surface area (Å²) in [5.74, 6) is 0.321. The van der Waals surface area contributed by atoms with Gasteiger partial charge in [-0.15, -0.1) is 0 Å². The molecule has 0 radical (unpaired) electrons. The Morgan fingerprint density at radius 1 is 1.00 bits per heavy atom. The van der Waals surface area contributed by atoms with Gasteiger partial charge in [0, 0.05) is 12.7 Å². The van der Waals surface area contributed by atoms with Gasteiger partial charge < -0.3 is 4.74 Å². The number of hydrogen-bond donors (Lipinski definition) is 0. The molecule has 2 saturated carbocycles. The van der Waals surface area contributed by atoms with Crippen LogP contribution >= 0.6 is 0 Å². The van der Waals surface area contributed by atoms with E-state index in [-0.39, 0.29) is 23.5 Å². The van der Waals surface area contributed by atoms with Crippen LogP contribution in [0.15, 0.2) is 0 Å². The molecule has 0 aliphatic heterocycles. The van der Waals surface area contributed by atoms with Gasteiger partial charge in [-0.1, -0.05) is 26.1 Å². The average Bonchev–Trinajstić information content (AvgIpc) is 2.36. The summed E-state index contributed by atoms with van der Waals surface area (Å²) in [4.78, 5) is 0. The lowest BCUT2D eigenvalue weighted by atomic mass is 9.71. The maximum absolute atomic E-state index is 15.2. The third-order valence-corrected chi connectivity index (χ3v) is 8.19. The zero-order valence-corrected chi connectivity index (χ0v) is 14.4. The second kappa shape index (κ2) is 6.43. The Morgan fingerprint density at radius 3 is 2.25 bits per heavy atom. The van der Waals surface area contributed by atoms with Gasteiger partial charge in [-0.3, -0.25) is 0 Å². The molecule has 0 N–H and O–H groups in total. The first-order chi connectivity index (χ1) is 9.34. The lowest BCUT2D eigenvalue weighted by Crippen LogP contribution is -2.50. The van der Waals surface area contributed by atoms with Crippen molar-refractivity contribution in [2.75, 3.05) is 7.11 Å². The van der Waals surface area contributed by atoms with Crippen molar-refractivity contribution in [2.45, 2.75) is 82.2 Å². The highest BCUT2D eigenvalue weighted by Crippen LogP contribution is 2.48. The second-order valence-electron chi connectivity index (χ2n) is 7.88. The summed E-state index contributed by atoms with van der Waals surface area (Å²) in [6.45, 7) is 6.70. The quantitative estimate of drug-likeness (QED) is 0.668. The monoisotopic (exact) mass is 304 g/mol. The van der Waals surface area contributed by atoms with Gasteiger partial charge >= 0.3 is 0 Å². The van der Waals surface area contributed by atoms with Gasteiger partial charge in [0.1, 0.15) is 12.3 Å². The van der Waals surface area contributed by atoms with E-state index in [1.165, 1.54) is 0 Å². The predicted octanol–water partition coefficient (Wildman–Crippen LogP) is 4.99. The number of alkyl halides is 2. The molecule has 0 spiro atoms. The minimum Gasteiger partial charge on any atom is -0.381 e. The van der Waals surface area contributed by atoms with E-state index in [2.05, 4.69) is 19.6 Å². The summed E-state index contributed by atoms with van der Waals surface area (Å²) in [6, 6.07) is 0. The molecule has 2 aliphatic carbocycles. The molecule has 1 nitrogen and oxygen atoms in total. The molecule has 0 aromatic rings. The molecular formula is C16H30F2OSi. The van der Waals surface area contributed by atoms with Crippen LogP contribution in [0.25, 0.3) is 0 Å². The molecule has 6 atom stereocenters. The minimum absolute atomic E-state index is 0.0613. The summed E-state index contributed by atoms with van der Waals surface area (Å²) in [7, 11) is 0.0918. The van der Waals surface area contributed by atoms with Crippen LogP contribution in [0.4, 0.5) is 8.78 Å². The Kier molecular flexibility index (Phi) is 5.27. The fourth-order valence-electron chi connectivity index (χ4n) is 4.52. The van der Waals surface area contributed by atoms with Gasteiger partial charge in [-0.25, -0.2) is 8.78 Å². The molecule has 0 bridgehead atoms. The molecule has 2 fully saturated rings. The third-order valence-electron chi connectivity index (χ3n) is 5.50. The van der Waals surface area contributed by atoms with Crippen LogP contribution in [0, 0.1) is 11.8 Å². The summed E-state index contributed by atoms with van der Waals surface area (Å²) in [5, 5.41) is 0. The fourth-order valence-corrected chi connectivity index (χ4v) is 7.14. The first kappa shape index (κ1) is 16.4. The minimum atomic E-state index is -1.62.